The summed E-state index contributed by atoms with van der Waals surface area (Å²) in [6, 6.07) is 33.3. The molecule has 0 N–H and O–H groups in total. The van der Waals surface area contributed by atoms with Crippen LogP contribution in [-0.2, 0) is 4.43 Å². The van der Waals surface area contributed by atoms with Crippen LogP contribution in [0.15, 0.2) is 91.0 Å². The minimum atomic E-state index is -1.87. The number of rotatable bonds is 12. The molecule has 0 radical (unpaired) electrons. The van der Waals surface area contributed by atoms with Crippen LogP contribution >= 0.6 is 30.5 Å². The average Bonchev–Trinajstić information content (AvgIpc) is 2.86. The third-order valence-electron chi connectivity index (χ3n) is 7.58. The minimum Gasteiger partial charge on any atom is -1.00 e. The van der Waals surface area contributed by atoms with Crippen LogP contribution in [0.2, 0.25) is 18.1 Å². The fourth-order valence-electron chi connectivity index (χ4n) is 4.37. The summed E-state index contributed by atoms with van der Waals surface area (Å²) in [5.74, 6) is 0. The van der Waals surface area contributed by atoms with Crippen molar-refractivity contribution in [3.8, 4) is 0 Å². The Balaban J connectivity index is 0.00000481. The molecule has 3 aromatic rings. The maximum Gasteiger partial charge on any atom is 0.192 e. The van der Waals surface area contributed by atoms with Crippen LogP contribution in [0.1, 0.15) is 46.5 Å². The lowest BCUT2D eigenvalue weighted by atomic mass is 10.1. The topological polar surface area (TPSA) is 9.23 Å². The molecule has 3 rings (SSSR count). The first kappa shape index (κ1) is 32.8. The quantitative estimate of drug-likeness (QED) is 0.0777. The Hall–Kier alpha value is -0.423. The molecule has 0 aliphatic carbocycles. The van der Waals surface area contributed by atoms with E-state index >= 15 is 0 Å². The summed E-state index contributed by atoms with van der Waals surface area (Å²) < 4.78 is 5.49. The van der Waals surface area contributed by atoms with Crippen molar-refractivity contribution in [2.45, 2.75) is 68.9 Å². The molecule has 0 aromatic heterocycles. The van der Waals surface area contributed by atoms with Crippen LogP contribution < -0.4 is 39.9 Å². The molecule has 0 amide bonds. The van der Waals surface area contributed by atoms with Gasteiger partial charge in [0.1, 0.15) is 27.5 Å². The number of benzene rings is 3. The molecule has 0 saturated carbocycles. The lowest BCUT2D eigenvalue weighted by molar-refractivity contribution is -0.00000815. The summed E-state index contributed by atoms with van der Waals surface area (Å²) in [6.45, 7) is 11.6. The molecule has 37 heavy (non-hydrogen) atoms. The van der Waals surface area contributed by atoms with E-state index in [1.165, 1.54) is 15.9 Å². The van der Waals surface area contributed by atoms with Gasteiger partial charge in [-0.05, 0) is 73.8 Å². The second-order valence-corrected chi connectivity index (χ2v) is 21.3. The van der Waals surface area contributed by atoms with E-state index in [1.54, 1.807) is 0 Å². The van der Waals surface area contributed by atoms with E-state index in [4.69, 9.17) is 27.6 Å². The zero-order valence-corrected chi connectivity index (χ0v) is 28.5. The monoisotopic (exact) mass is 686 g/mol. The smallest absolute Gasteiger partial charge is 0.192 e. The molecule has 1 nitrogen and oxygen atoms in total. The molecule has 0 bridgehead atoms. The molecule has 0 aliphatic rings. The van der Waals surface area contributed by atoms with Gasteiger partial charge in [-0.2, -0.15) is 0 Å². The van der Waals surface area contributed by atoms with Crippen LogP contribution in [0.3, 0.4) is 0 Å². The SMILES string of the molecule is CC(C)(C)[Si](C)(C)OCC(Cl)(Cl)CCCCC[P+](c1ccccc1)(c1ccccc1)c1ccccc1.[I-]. The van der Waals surface area contributed by atoms with Crippen molar-refractivity contribution in [1.29, 1.82) is 0 Å². The van der Waals surface area contributed by atoms with Crippen LogP contribution in [0.25, 0.3) is 0 Å². The zero-order chi connectivity index (χ0) is 26.3. The Kier molecular flexibility index (Phi) is 12.7. The molecule has 3 aromatic carbocycles. The van der Waals surface area contributed by atoms with Gasteiger partial charge in [0.2, 0.25) is 0 Å². The number of hydrogen-bond donors (Lipinski definition) is 0. The fourth-order valence-corrected chi connectivity index (χ4v) is 10.4. The predicted octanol–water partition coefficient (Wildman–Crippen LogP) is 5.74. The van der Waals surface area contributed by atoms with E-state index in [9.17, 15) is 0 Å². The number of alkyl halides is 2. The molecule has 0 spiro atoms. The van der Waals surface area contributed by atoms with Crippen molar-refractivity contribution in [2.24, 2.45) is 0 Å². The third-order valence-corrected chi connectivity index (χ3v) is 17.2. The second-order valence-electron chi connectivity index (χ2n) is 11.3. The Morgan fingerprint density at radius 1 is 0.676 bits per heavy atom. The van der Waals surface area contributed by atoms with Crippen LogP contribution in [0.5, 0.6) is 0 Å². The second kappa shape index (κ2) is 14.3. The van der Waals surface area contributed by atoms with Gasteiger partial charge in [-0.15, -0.1) is 0 Å². The Morgan fingerprint density at radius 2 is 1.08 bits per heavy atom. The van der Waals surface area contributed by atoms with Gasteiger partial charge in [0.15, 0.2) is 8.32 Å². The van der Waals surface area contributed by atoms with Gasteiger partial charge in [-0.1, -0.05) is 105 Å². The van der Waals surface area contributed by atoms with Crippen molar-refractivity contribution >= 4 is 54.7 Å². The van der Waals surface area contributed by atoms with Gasteiger partial charge >= 0.3 is 0 Å². The summed E-state index contributed by atoms with van der Waals surface area (Å²) >= 11 is 13.4. The maximum absolute atomic E-state index is 6.72. The standard InChI is InChI=1S/C31H42Cl2OPSi.HI/c1-30(2,3)36(4,5)34-26-31(32,33)24-16-9-17-25-35(27-18-10-6-11-19-27,28-20-12-7-13-21-28)29-22-14-8-15-23-29;/h6-8,10-15,18-23H,9,16-17,24-26H2,1-5H3;1H/q+1;/p-1. The minimum absolute atomic E-state index is 0. The van der Waals surface area contributed by atoms with Gasteiger partial charge in [0.05, 0.1) is 12.8 Å². The highest BCUT2D eigenvalue weighted by molar-refractivity contribution is 7.95. The first-order chi connectivity index (χ1) is 17.0. The number of unbranched alkanes of at least 4 members (excludes halogenated alkanes) is 2. The fraction of sp³-hybridized carbons (Fsp3) is 0.419. The lowest BCUT2D eigenvalue weighted by Crippen LogP contribution is -3.00. The van der Waals surface area contributed by atoms with Crippen LogP contribution in [0, 0.1) is 0 Å². The first-order valence-electron chi connectivity index (χ1n) is 13.0. The molecule has 0 aliphatic heterocycles. The molecule has 0 unspecified atom stereocenters. The van der Waals surface area contributed by atoms with E-state index in [0.717, 1.165) is 31.8 Å². The highest BCUT2D eigenvalue weighted by Gasteiger charge is 2.44. The van der Waals surface area contributed by atoms with Gasteiger partial charge < -0.3 is 28.4 Å². The number of hydrogen-bond acceptors (Lipinski definition) is 1. The van der Waals surface area contributed by atoms with E-state index in [1.807, 2.05) is 0 Å². The van der Waals surface area contributed by atoms with Crippen molar-refractivity contribution < 1.29 is 28.4 Å². The third kappa shape index (κ3) is 8.78. The zero-order valence-electron chi connectivity index (χ0n) is 22.9. The molecule has 0 atom stereocenters. The Labute approximate surface area is 254 Å². The summed E-state index contributed by atoms with van der Waals surface area (Å²) in [5.41, 5.74) is 0. The Bertz CT molecular complexity index is 960. The molecule has 0 fully saturated rings. The van der Waals surface area contributed by atoms with Gasteiger partial charge in [0, 0.05) is 0 Å². The summed E-state index contributed by atoms with van der Waals surface area (Å²) in [7, 11) is -3.64. The van der Waals surface area contributed by atoms with E-state index < -0.39 is 19.9 Å². The van der Waals surface area contributed by atoms with Gasteiger partial charge in [-0.3, -0.25) is 0 Å². The summed E-state index contributed by atoms with van der Waals surface area (Å²) in [4.78, 5) is 0. The van der Waals surface area contributed by atoms with E-state index in [0.29, 0.717) is 6.61 Å². The van der Waals surface area contributed by atoms with Gasteiger partial charge in [-0.25, -0.2) is 0 Å². The molecule has 6 heteroatoms. The van der Waals surface area contributed by atoms with Gasteiger partial charge in [0.25, 0.3) is 0 Å². The highest BCUT2D eigenvalue weighted by atomic mass is 127. The Morgan fingerprint density at radius 3 is 1.46 bits per heavy atom. The molecular weight excluding hydrogens is 645 g/mol. The first-order valence-corrected chi connectivity index (χ1v) is 18.7. The highest BCUT2D eigenvalue weighted by Crippen LogP contribution is 2.56. The predicted molar refractivity (Wildman–Crippen MR) is 166 cm³/mol. The summed E-state index contributed by atoms with van der Waals surface area (Å²) in [5, 5.41) is 4.47. The molecule has 0 heterocycles. The van der Waals surface area contributed by atoms with Crippen LogP contribution in [0.4, 0.5) is 0 Å². The van der Waals surface area contributed by atoms with E-state index in [2.05, 4.69) is 125 Å². The molecule has 202 valence electrons. The van der Waals surface area contributed by atoms with E-state index in [-0.39, 0.29) is 29.0 Å². The summed E-state index contributed by atoms with van der Waals surface area (Å²) in [6.07, 6.45) is 5.09. The van der Waals surface area contributed by atoms with Crippen LogP contribution in [-0.4, -0.2) is 25.4 Å². The normalized spacial score (nSPS) is 12.7. The van der Waals surface area contributed by atoms with Crippen molar-refractivity contribution in [1.82, 2.24) is 0 Å². The largest absolute Gasteiger partial charge is 1.00 e. The number of halogens is 3. The average molecular weight is 688 g/mol. The lowest BCUT2D eigenvalue weighted by Gasteiger charge is -2.37. The van der Waals surface area contributed by atoms with Crippen molar-refractivity contribution in [2.75, 3.05) is 12.8 Å². The van der Waals surface area contributed by atoms with Crippen molar-refractivity contribution in [3.05, 3.63) is 91.0 Å². The molecular formula is C31H42Cl2IOPSi. The molecule has 0 saturated heterocycles. The van der Waals surface area contributed by atoms with Crippen molar-refractivity contribution in [3.63, 3.8) is 0 Å². The maximum atomic E-state index is 6.72.